The van der Waals surface area contributed by atoms with E-state index in [1.165, 1.54) is 5.56 Å². The largest absolute Gasteiger partial charge is 0.355 e. The summed E-state index contributed by atoms with van der Waals surface area (Å²) in [6.45, 7) is 3.91. The molecule has 18 heavy (non-hydrogen) atoms. The zero-order valence-corrected chi connectivity index (χ0v) is 11.2. The number of hydrogen-bond donors (Lipinski definition) is 1. The van der Waals surface area contributed by atoms with Crippen molar-refractivity contribution in [1.82, 2.24) is 10.2 Å². The molecule has 1 atom stereocenters. The molecule has 0 aliphatic carbocycles. The van der Waals surface area contributed by atoms with Crippen LogP contribution in [0, 0.1) is 5.92 Å². The molecule has 2 rings (SSSR count). The number of benzene rings is 1. The van der Waals surface area contributed by atoms with Gasteiger partial charge in [-0.15, -0.1) is 11.6 Å². The first-order valence-corrected chi connectivity index (χ1v) is 6.90. The highest BCUT2D eigenvalue weighted by Gasteiger charge is 2.22. The lowest BCUT2D eigenvalue weighted by Gasteiger charge is -2.16. The smallest absolute Gasteiger partial charge is 0.234 e. The van der Waals surface area contributed by atoms with Crippen molar-refractivity contribution in [3.8, 4) is 0 Å². The quantitative estimate of drug-likeness (QED) is 0.825. The maximum absolute atomic E-state index is 11.1. The molecular weight excluding hydrogens is 248 g/mol. The summed E-state index contributed by atoms with van der Waals surface area (Å²) in [4.78, 5) is 13.5. The lowest BCUT2D eigenvalue weighted by Crippen LogP contribution is -2.31. The summed E-state index contributed by atoms with van der Waals surface area (Å²) in [5, 5.41) is 2.86. The highest BCUT2D eigenvalue weighted by molar-refractivity contribution is 6.27. The van der Waals surface area contributed by atoms with Gasteiger partial charge in [-0.05, 0) is 24.4 Å². The number of likely N-dealkylation sites (tertiary alicyclic amines) is 1. The number of amides is 1. The Labute approximate surface area is 113 Å². The molecule has 0 aromatic heterocycles. The van der Waals surface area contributed by atoms with Crippen molar-refractivity contribution in [3.05, 3.63) is 35.9 Å². The molecular formula is C14H19ClN2O. The lowest BCUT2D eigenvalue weighted by atomic mass is 10.1. The van der Waals surface area contributed by atoms with Gasteiger partial charge >= 0.3 is 0 Å². The van der Waals surface area contributed by atoms with E-state index in [1.807, 2.05) is 6.07 Å². The Morgan fingerprint density at radius 3 is 2.89 bits per heavy atom. The molecule has 1 fully saturated rings. The number of halogens is 1. The van der Waals surface area contributed by atoms with Crippen LogP contribution in [0.1, 0.15) is 12.0 Å². The standard InChI is InChI=1S/C14H19ClN2O/c15-8-14(18)16-9-13-6-7-17(11-13)10-12-4-2-1-3-5-12/h1-5,13H,6-11H2,(H,16,18)/t13-/m1/s1. The molecule has 0 unspecified atom stereocenters. The summed E-state index contributed by atoms with van der Waals surface area (Å²) in [5.74, 6) is 0.541. The summed E-state index contributed by atoms with van der Waals surface area (Å²) in [7, 11) is 0. The molecule has 1 amide bonds. The van der Waals surface area contributed by atoms with E-state index in [0.717, 1.165) is 32.6 Å². The molecule has 1 aromatic carbocycles. The molecule has 0 bridgehead atoms. The normalized spacial score (nSPS) is 19.9. The van der Waals surface area contributed by atoms with Crippen molar-refractivity contribution in [2.75, 3.05) is 25.5 Å². The second-order valence-electron chi connectivity index (χ2n) is 4.81. The van der Waals surface area contributed by atoms with Crippen molar-refractivity contribution in [1.29, 1.82) is 0 Å². The average Bonchev–Trinajstić information content (AvgIpc) is 2.85. The number of hydrogen-bond acceptors (Lipinski definition) is 2. The third kappa shape index (κ3) is 4.00. The van der Waals surface area contributed by atoms with Gasteiger partial charge in [0.05, 0.1) is 0 Å². The number of nitrogens with one attached hydrogen (secondary N) is 1. The SMILES string of the molecule is O=C(CCl)NC[C@H]1CCN(Cc2ccccc2)C1. The van der Waals surface area contributed by atoms with Gasteiger partial charge in [-0.1, -0.05) is 30.3 Å². The van der Waals surface area contributed by atoms with Crippen LogP contribution in [0.3, 0.4) is 0 Å². The van der Waals surface area contributed by atoms with Gasteiger partial charge in [-0.25, -0.2) is 0 Å². The van der Waals surface area contributed by atoms with E-state index < -0.39 is 0 Å². The van der Waals surface area contributed by atoms with Gasteiger partial charge in [0.15, 0.2) is 0 Å². The topological polar surface area (TPSA) is 32.3 Å². The van der Waals surface area contributed by atoms with E-state index in [1.54, 1.807) is 0 Å². The molecule has 3 nitrogen and oxygen atoms in total. The fraction of sp³-hybridized carbons (Fsp3) is 0.500. The zero-order valence-electron chi connectivity index (χ0n) is 10.4. The summed E-state index contributed by atoms with van der Waals surface area (Å²) in [6, 6.07) is 10.5. The van der Waals surface area contributed by atoms with Gasteiger partial charge in [0, 0.05) is 19.6 Å². The molecule has 4 heteroatoms. The molecule has 1 saturated heterocycles. The lowest BCUT2D eigenvalue weighted by molar-refractivity contribution is -0.118. The van der Waals surface area contributed by atoms with Gasteiger partial charge in [0.1, 0.15) is 5.88 Å². The van der Waals surface area contributed by atoms with Gasteiger partial charge in [0.2, 0.25) is 5.91 Å². The summed E-state index contributed by atoms with van der Waals surface area (Å²) >= 11 is 5.45. The maximum atomic E-state index is 11.1. The molecule has 0 spiro atoms. The Hall–Kier alpha value is -1.06. The Kier molecular flexibility index (Phi) is 5.02. The van der Waals surface area contributed by atoms with E-state index in [0.29, 0.717) is 5.92 Å². The number of rotatable bonds is 5. The van der Waals surface area contributed by atoms with Crippen LogP contribution in [0.15, 0.2) is 30.3 Å². The van der Waals surface area contributed by atoms with Crippen molar-refractivity contribution >= 4 is 17.5 Å². The minimum Gasteiger partial charge on any atom is -0.355 e. The Morgan fingerprint density at radius 1 is 1.39 bits per heavy atom. The molecule has 0 radical (unpaired) electrons. The fourth-order valence-corrected chi connectivity index (χ4v) is 2.46. The highest BCUT2D eigenvalue weighted by Crippen LogP contribution is 2.17. The summed E-state index contributed by atoms with van der Waals surface area (Å²) < 4.78 is 0. The van der Waals surface area contributed by atoms with Crippen molar-refractivity contribution in [2.24, 2.45) is 5.92 Å². The number of nitrogens with zero attached hydrogens (tertiary/aromatic N) is 1. The van der Waals surface area contributed by atoms with Crippen molar-refractivity contribution in [2.45, 2.75) is 13.0 Å². The first kappa shape index (κ1) is 13.4. The van der Waals surface area contributed by atoms with E-state index in [4.69, 9.17) is 11.6 Å². The zero-order chi connectivity index (χ0) is 12.8. The Morgan fingerprint density at radius 2 is 2.17 bits per heavy atom. The Bertz CT molecular complexity index is 383. The van der Waals surface area contributed by atoms with Crippen LogP contribution < -0.4 is 5.32 Å². The second kappa shape index (κ2) is 6.76. The third-order valence-corrected chi connectivity index (χ3v) is 3.57. The van der Waals surface area contributed by atoms with Crippen LogP contribution in [0.2, 0.25) is 0 Å². The number of alkyl halides is 1. The van der Waals surface area contributed by atoms with Gasteiger partial charge in [0.25, 0.3) is 0 Å². The Balaban J connectivity index is 1.73. The summed E-state index contributed by atoms with van der Waals surface area (Å²) in [5.41, 5.74) is 1.35. The second-order valence-corrected chi connectivity index (χ2v) is 5.08. The number of carbonyl (C=O) groups excluding carboxylic acids is 1. The maximum Gasteiger partial charge on any atom is 0.234 e. The molecule has 1 N–H and O–H groups in total. The van der Waals surface area contributed by atoms with Crippen LogP contribution in [-0.4, -0.2) is 36.3 Å². The van der Waals surface area contributed by atoms with E-state index in [9.17, 15) is 4.79 Å². The van der Waals surface area contributed by atoms with Gasteiger partial charge in [-0.3, -0.25) is 9.69 Å². The predicted octanol–water partition coefficient (Wildman–Crippen LogP) is 1.86. The molecule has 1 heterocycles. The first-order valence-electron chi connectivity index (χ1n) is 6.37. The fourth-order valence-electron chi connectivity index (χ4n) is 2.37. The first-order chi connectivity index (χ1) is 8.78. The third-order valence-electron chi connectivity index (χ3n) is 3.33. The van der Waals surface area contributed by atoms with E-state index in [-0.39, 0.29) is 11.8 Å². The van der Waals surface area contributed by atoms with E-state index in [2.05, 4.69) is 34.5 Å². The van der Waals surface area contributed by atoms with Crippen LogP contribution >= 0.6 is 11.6 Å². The van der Waals surface area contributed by atoms with Crippen LogP contribution in [0.4, 0.5) is 0 Å². The molecule has 1 aromatic rings. The summed E-state index contributed by atoms with van der Waals surface area (Å²) in [6.07, 6.45) is 1.15. The minimum absolute atomic E-state index is 0.0560. The molecule has 1 aliphatic rings. The average molecular weight is 267 g/mol. The highest BCUT2D eigenvalue weighted by atomic mass is 35.5. The molecule has 0 saturated carbocycles. The monoisotopic (exact) mass is 266 g/mol. The number of carbonyl (C=O) groups is 1. The molecule has 98 valence electrons. The predicted molar refractivity (Wildman–Crippen MR) is 73.6 cm³/mol. The van der Waals surface area contributed by atoms with Gasteiger partial charge < -0.3 is 5.32 Å². The van der Waals surface area contributed by atoms with Crippen LogP contribution in [0.5, 0.6) is 0 Å². The van der Waals surface area contributed by atoms with Crippen molar-refractivity contribution < 1.29 is 4.79 Å². The molecule has 1 aliphatic heterocycles. The van der Waals surface area contributed by atoms with Crippen LogP contribution in [0.25, 0.3) is 0 Å². The minimum atomic E-state index is -0.0711. The van der Waals surface area contributed by atoms with Crippen LogP contribution in [-0.2, 0) is 11.3 Å². The van der Waals surface area contributed by atoms with E-state index >= 15 is 0 Å². The van der Waals surface area contributed by atoms with Crippen molar-refractivity contribution in [3.63, 3.8) is 0 Å². The van der Waals surface area contributed by atoms with Gasteiger partial charge in [-0.2, -0.15) is 0 Å².